The van der Waals surface area contributed by atoms with Crippen LogP contribution in [0.15, 0.2) is 23.2 Å². The lowest BCUT2D eigenvalue weighted by Crippen LogP contribution is -1.83. The average Bonchev–Trinajstić information content (AvgIpc) is 2.92. The number of aryl methyl sites for hydroxylation is 1. The summed E-state index contributed by atoms with van der Waals surface area (Å²) in [7, 11) is 0. The maximum atomic E-state index is 10.2. The summed E-state index contributed by atoms with van der Waals surface area (Å²) < 4.78 is 0. The Labute approximate surface area is 77.3 Å². The summed E-state index contributed by atoms with van der Waals surface area (Å²) in [5.74, 6) is 0.631. The first-order valence-electron chi connectivity index (χ1n) is 4.50. The molecule has 2 rings (SSSR count). The lowest BCUT2D eigenvalue weighted by Gasteiger charge is -2.04. The van der Waals surface area contributed by atoms with Crippen LogP contribution in [0.5, 0.6) is 0 Å². The molecule has 1 fully saturated rings. The first kappa shape index (κ1) is 8.21. The number of para-hydroxylation sites is 1. The van der Waals surface area contributed by atoms with Crippen molar-refractivity contribution >= 4 is 11.8 Å². The third kappa shape index (κ3) is 1.53. The van der Waals surface area contributed by atoms with E-state index in [0.29, 0.717) is 5.92 Å². The molecule has 0 atom stereocenters. The van der Waals surface area contributed by atoms with E-state index in [-0.39, 0.29) is 0 Å². The Morgan fingerprint density at radius 1 is 1.46 bits per heavy atom. The number of nitrogens with zero attached hydrogens (tertiary/aromatic N) is 1. The fourth-order valence-corrected chi connectivity index (χ4v) is 1.60. The van der Waals surface area contributed by atoms with Gasteiger partial charge in [-0.1, -0.05) is 18.2 Å². The van der Waals surface area contributed by atoms with Crippen molar-refractivity contribution in [3.05, 3.63) is 29.3 Å². The van der Waals surface area contributed by atoms with E-state index in [4.69, 9.17) is 0 Å². The van der Waals surface area contributed by atoms with Gasteiger partial charge in [-0.05, 0) is 36.8 Å². The molecule has 1 aliphatic carbocycles. The minimum absolute atomic E-state index is 0.631. The van der Waals surface area contributed by atoms with Gasteiger partial charge >= 0.3 is 0 Å². The molecule has 1 aliphatic rings. The number of hydrogen-bond acceptors (Lipinski definition) is 2. The Balaban J connectivity index is 2.52. The molecule has 0 spiro atoms. The molecular weight excluding hydrogens is 162 g/mol. The SMILES string of the molecule is Cc1cccc(C2CC2)c1N=C=O. The molecule has 1 aromatic carbocycles. The van der Waals surface area contributed by atoms with Gasteiger partial charge in [0.2, 0.25) is 6.08 Å². The van der Waals surface area contributed by atoms with Gasteiger partial charge in [-0.25, -0.2) is 4.79 Å². The molecule has 0 radical (unpaired) electrons. The Morgan fingerprint density at radius 3 is 2.85 bits per heavy atom. The molecule has 0 bridgehead atoms. The van der Waals surface area contributed by atoms with Crippen molar-refractivity contribution in [3.63, 3.8) is 0 Å². The summed E-state index contributed by atoms with van der Waals surface area (Å²) >= 11 is 0. The van der Waals surface area contributed by atoms with Crippen LogP contribution in [-0.4, -0.2) is 6.08 Å². The van der Waals surface area contributed by atoms with Crippen molar-refractivity contribution in [2.45, 2.75) is 25.7 Å². The van der Waals surface area contributed by atoms with E-state index < -0.39 is 0 Å². The molecule has 1 saturated carbocycles. The average molecular weight is 173 g/mol. The van der Waals surface area contributed by atoms with Crippen molar-refractivity contribution in [1.82, 2.24) is 0 Å². The van der Waals surface area contributed by atoms with Gasteiger partial charge in [0.1, 0.15) is 0 Å². The Morgan fingerprint density at radius 2 is 2.23 bits per heavy atom. The second kappa shape index (κ2) is 3.15. The molecule has 0 N–H and O–H groups in total. The third-order valence-electron chi connectivity index (χ3n) is 2.44. The minimum Gasteiger partial charge on any atom is -0.211 e. The zero-order valence-electron chi connectivity index (χ0n) is 7.58. The maximum absolute atomic E-state index is 10.2. The molecule has 0 amide bonds. The highest BCUT2D eigenvalue weighted by Gasteiger charge is 2.26. The van der Waals surface area contributed by atoms with E-state index in [2.05, 4.69) is 11.1 Å². The fourth-order valence-electron chi connectivity index (χ4n) is 1.60. The zero-order chi connectivity index (χ0) is 9.26. The number of carbonyl (C=O) groups excluding carboxylic acids is 1. The molecule has 13 heavy (non-hydrogen) atoms. The Hall–Kier alpha value is -1.40. The predicted molar refractivity (Wildman–Crippen MR) is 50.9 cm³/mol. The fraction of sp³-hybridized carbons (Fsp3) is 0.364. The van der Waals surface area contributed by atoms with E-state index in [1.54, 1.807) is 6.08 Å². The van der Waals surface area contributed by atoms with E-state index in [1.165, 1.54) is 18.4 Å². The zero-order valence-corrected chi connectivity index (χ0v) is 7.58. The Kier molecular flexibility index (Phi) is 1.99. The monoisotopic (exact) mass is 173 g/mol. The summed E-state index contributed by atoms with van der Waals surface area (Å²) in [6.07, 6.45) is 4.08. The molecule has 0 aromatic heterocycles. The minimum atomic E-state index is 0.631. The highest BCUT2D eigenvalue weighted by Crippen LogP contribution is 2.44. The van der Waals surface area contributed by atoms with Crippen LogP contribution in [0.3, 0.4) is 0 Å². The van der Waals surface area contributed by atoms with Gasteiger partial charge in [0, 0.05) is 0 Å². The van der Waals surface area contributed by atoms with Crippen molar-refractivity contribution in [3.8, 4) is 0 Å². The topological polar surface area (TPSA) is 29.4 Å². The maximum Gasteiger partial charge on any atom is 0.240 e. The molecular formula is C11H11NO. The molecule has 66 valence electrons. The third-order valence-corrected chi connectivity index (χ3v) is 2.44. The number of aliphatic imine (C=N–C) groups is 1. The van der Waals surface area contributed by atoms with Gasteiger partial charge in [-0.15, -0.1) is 0 Å². The smallest absolute Gasteiger partial charge is 0.211 e. The van der Waals surface area contributed by atoms with Crippen molar-refractivity contribution < 1.29 is 4.79 Å². The lowest BCUT2D eigenvalue weighted by atomic mass is 10.0. The quantitative estimate of drug-likeness (QED) is 0.499. The van der Waals surface area contributed by atoms with Gasteiger partial charge in [0.05, 0.1) is 5.69 Å². The predicted octanol–water partition coefficient (Wildman–Crippen LogP) is 2.84. The van der Waals surface area contributed by atoms with Gasteiger partial charge in [-0.2, -0.15) is 4.99 Å². The molecule has 0 heterocycles. The largest absolute Gasteiger partial charge is 0.240 e. The van der Waals surface area contributed by atoms with Gasteiger partial charge < -0.3 is 0 Å². The van der Waals surface area contributed by atoms with Crippen LogP contribution in [0.25, 0.3) is 0 Å². The lowest BCUT2D eigenvalue weighted by molar-refractivity contribution is 0.565. The molecule has 2 nitrogen and oxygen atoms in total. The first-order chi connectivity index (χ1) is 6.33. The van der Waals surface area contributed by atoms with Crippen molar-refractivity contribution in [2.24, 2.45) is 4.99 Å². The molecule has 1 aromatic rings. The van der Waals surface area contributed by atoms with E-state index in [1.807, 2.05) is 19.1 Å². The number of benzene rings is 1. The Bertz CT molecular complexity index is 374. The van der Waals surface area contributed by atoms with Crippen LogP contribution in [0, 0.1) is 6.92 Å². The van der Waals surface area contributed by atoms with E-state index in [9.17, 15) is 4.79 Å². The van der Waals surface area contributed by atoms with Crippen LogP contribution in [0.1, 0.15) is 29.9 Å². The number of isocyanates is 1. The standard InChI is InChI=1S/C11H11NO/c1-8-3-2-4-10(9-5-6-9)11(8)12-7-13/h2-4,9H,5-6H2,1H3. The van der Waals surface area contributed by atoms with Crippen LogP contribution < -0.4 is 0 Å². The number of hydrogen-bond donors (Lipinski definition) is 0. The number of rotatable bonds is 2. The van der Waals surface area contributed by atoms with Gasteiger partial charge in [0.25, 0.3) is 0 Å². The molecule has 0 unspecified atom stereocenters. The van der Waals surface area contributed by atoms with Crippen LogP contribution in [-0.2, 0) is 4.79 Å². The highest BCUT2D eigenvalue weighted by molar-refractivity contribution is 5.60. The van der Waals surface area contributed by atoms with Crippen molar-refractivity contribution in [2.75, 3.05) is 0 Å². The van der Waals surface area contributed by atoms with E-state index in [0.717, 1.165) is 11.3 Å². The van der Waals surface area contributed by atoms with Crippen LogP contribution in [0.2, 0.25) is 0 Å². The summed E-state index contributed by atoms with van der Waals surface area (Å²) in [5, 5.41) is 0. The van der Waals surface area contributed by atoms with E-state index >= 15 is 0 Å². The van der Waals surface area contributed by atoms with Gasteiger partial charge in [-0.3, -0.25) is 0 Å². The summed E-state index contributed by atoms with van der Waals surface area (Å²) in [6, 6.07) is 6.05. The molecule has 0 saturated heterocycles. The normalized spacial score (nSPS) is 15.2. The first-order valence-corrected chi connectivity index (χ1v) is 4.50. The second-order valence-electron chi connectivity index (χ2n) is 3.49. The summed E-state index contributed by atoms with van der Waals surface area (Å²) in [6.45, 7) is 1.97. The molecule has 2 heteroatoms. The second-order valence-corrected chi connectivity index (χ2v) is 3.49. The van der Waals surface area contributed by atoms with Crippen molar-refractivity contribution in [1.29, 1.82) is 0 Å². The molecule has 0 aliphatic heterocycles. The highest BCUT2D eigenvalue weighted by atomic mass is 16.1. The van der Waals surface area contributed by atoms with Crippen LogP contribution in [0.4, 0.5) is 5.69 Å². The van der Waals surface area contributed by atoms with Gasteiger partial charge in [0.15, 0.2) is 0 Å². The summed E-state index contributed by atoms with van der Waals surface area (Å²) in [4.78, 5) is 14.0. The summed E-state index contributed by atoms with van der Waals surface area (Å²) in [5.41, 5.74) is 3.11. The van der Waals surface area contributed by atoms with Crippen LogP contribution >= 0.6 is 0 Å².